The van der Waals surface area contributed by atoms with E-state index in [9.17, 15) is 4.79 Å². The van der Waals surface area contributed by atoms with E-state index in [1.807, 2.05) is 0 Å². The summed E-state index contributed by atoms with van der Waals surface area (Å²) in [6, 6.07) is 2.80. The molecule has 5 nitrogen and oxygen atoms in total. The molecule has 1 atom stereocenters. The molecule has 0 aliphatic rings. The van der Waals surface area contributed by atoms with Crippen LogP contribution in [0.5, 0.6) is 0 Å². The van der Waals surface area contributed by atoms with Crippen molar-refractivity contribution >= 4 is 5.97 Å². The number of carbonyl (C=O) groups excluding carboxylic acids is 1. The van der Waals surface area contributed by atoms with Crippen LogP contribution in [0.4, 0.5) is 0 Å². The third-order valence-electron chi connectivity index (χ3n) is 2.01. The van der Waals surface area contributed by atoms with Crippen LogP contribution in [-0.2, 0) is 22.6 Å². The molecule has 0 saturated carbocycles. The van der Waals surface area contributed by atoms with Crippen molar-refractivity contribution in [2.45, 2.75) is 19.1 Å². The maximum absolute atomic E-state index is 11.0. The number of pyridine rings is 1. The minimum Gasteiger partial charge on any atom is -0.468 e. The molecular formula is C10H14N2O3. The van der Waals surface area contributed by atoms with Crippen molar-refractivity contribution < 1.29 is 14.6 Å². The van der Waals surface area contributed by atoms with Crippen molar-refractivity contribution in [2.75, 3.05) is 7.11 Å². The van der Waals surface area contributed by atoms with E-state index < -0.39 is 12.0 Å². The highest BCUT2D eigenvalue weighted by Crippen LogP contribution is 2.03. The summed E-state index contributed by atoms with van der Waals surface area (Å²) in [7, 11) is 1.30. The first-order valence-electron chi connectivity index (χ1n) is 4.55. The monoisotopic (exact) mass is 210 g/mol. The van der Waals surface area contributed by atoms with Crippen LogP contribution in [0.3, 0.4) is 0 Å². The van der Waals surface area contributed by atoms with E-state index in [0.29, 0.717) is 12.1 Å². The molecule has 82 valence electrons. The zero-order chi connectivity index (χ0) is 11.3. The molecule has 1 aromatic rings. The molecule has 0 bridgehead atoms. The van der Waals surface area contributed by atoms with Gasteiger partial charge in [-0.15, -0.1) is 0 Å². The summed E-state index contributed by atoms with van der Waals surface area (Å²) in [5.41, 5.74) is 7.00. The lowest BCUT2D eigenvalue weighted by Gasteiger charge is -2.08. The number of carbonyl (C=O) groups is 1. The van der Waals surface area contributed by atoms with Crippen LogP contribution in [0.2, 0.25) is 0 Å². The number of aliphatic hydroxyl groups excluding tert-OH is 1. The molecular weight excluding hydrogens is 196 g/mol. The summed E-state index contributed by atoms with van der Waals surface area (Å²) < 4.78 is 4.50. The van der Waals surface area contributed by atoms with Gasteiger partial charge in [0.2, 0.25) is 0 Å². The number of rotatable bonds is 4. The first kappa shape index (κ1) is 11.6. The molecule has 0 spiro atoms. The molecule has 1 heterocycles. The summed E-state index contributed by atoms with van der Waals surface area (Å²) in [4.78, 5) is 15.0. The Morgan fingerprint density at radius 1 is 1.67 bits per heavy atom. The predicted molar refractivity (Wildman–Crippen MR) is 53.9 cm³/mol. The van der Waals surface area contributed by atoms with Gasteiger partial charge in [-0.1, -0.05) is 6.07 Å². The van der Waals surface area contributed by atoms with Gasteiger partial charge in [0, 0.05) is 6.20 Å². The van der Waals surface area contributed by atoms with E-state index in [4.69, 9.17) is 10.8 Å². The molecule has 0 aromatic carbocycles. The SMILES string of the molecule is COC(=O)C(N)Cc1ccc(CO)nc1. The molecule has 5 heteroatoms. The normalized spacial score (nSPS) is 12.2. The molecule has 1 rings (SSSR count). The highest BCUT2D eigenvalue weighted by Gasteiger charge is 2.14. The number of nitrogens with two attached hydrogens (primary N) is 1. The van der Waals surface area contributed by atoms with E-state index in [-0.39, 0.29) is 6.61 Å². The molecule has 0 saturated heterocycles. The van der Waals surface area contributed by atoms with Crippen LogP contribution in [0.15, 0.2) is 18.3 Å². The molecule has 0 amide bonds. The van der Waals surface area contributed by atoms with Crippen LogP contribution in [0, 0.1) is 0 Å². The van der Waals surface area contributed by atoms with Crippen LogP contribution in [0.1, 0.15) is 11.3 Å². The Kier molecular flexibility index (Phi) is 4.20. The van der Waals surface area contributed by atoms with Gasteiger partial charge in [-0.2, -0.15) is 0 Å². The Bertz CT molecular complexity index is 324. The second-order valence-corrected chi connectivity index (χ2v) is 3.15. The Morgan fingerprint density at radius 3 is 2.87 bits per heavy atom. The van der Waals surface area contributed by atoms with Gasteiger partial charge in [0.15, 0.2) is 0 Å². The molecule has 0 radical (unpaired) electrons. The molecule has 0 aliphatic heterocycles. The van der Waals surface area contributed by atoms with Gasteiger partial charge in [-0.3, -0.25) is 9.78 Å². The fourth-order valence-electron chi connectivity index (χ4n) is 1.16. The highest BCUT2D eigenvalue weighted by atomic mass is 16.5. The zero-order valence-corrected chi connectivity index (χ0v) is 8.51. The molecule has 3 N–H and O–H groups in total. The van der Waals surface area contributed by atoms with Crippen LogP contribution >= 0.6 is 0 Å². The summed E-state index contributed by atoms with van der Waals surface area (Å²) in [6.07, 6.45) is 1.97. The minimum atomic E-state index is -0.670. The lowest BCUT2D eigenvalue weighted by Crippen LogP contribution is -2.33. The number of methoxy groups -OCH3 is 1. The summed E-state index contributed by atoms with van der Waals surface area (Å²) in [6.45, 7) is -0.0939. The van der Waals surface area contributed by atoms with E-state index in [0.717, 1.165) is 5.56 Å². The van der Waals surface area contributed by atoms with E-state index >= 15 is 0 Å². The van der Waals surface area contributed by atoms with Gasteiger partial charge in [-0.05, 0) is 18.1 Å². The fraction of sp³-hybridized carbons (Fsp3) is 0.400. The first-order chi connectivity index (χ1) is 7.17. The van der Waals surface area contributed by atoms with Crippen molar-refractivity contribution in [3.8, 4) is 0 Å². The average molecular weight is 210 g/mol. The zero-order valence-electron chi connectivity index (χ0n) is 8.51. The molecule has 0 aliphatic carbocycles. The topological polar surface area (TPSA) is 85.4 Å². The molecule has 1 unspecified atom stereocenters. The van der Waals surface area contributed by atoms with Crippen molar-refractivity contribution in [3.05, 3.63) is 29.6 Å². The number of hydrogen-bond acceptors (Lipinski definition) is 5. The quantitative estimate of drug-likeness (QED) is 0.661. The number of hydrogen-bond donors (Lipinski definition) is 2. The number of nitrogens with zero attached hydrogens (tertiary/aromatic N) is 1. The van der Waals surface area contributed by atoms with Gasteiger partial charge in [0.05, 0.1) is 19.4 Å². The lowest BCUT2D eigenvalue weighted by atomic mass is 10.1. The van der Waals surface area contributed by atoms with Gasteiger partial charge in [0.25, 0.3) is 0 Å². The lowest BCUT2D eigenvalue weighted by molar-refractivity contribution is -0.142. The summed E-state index contributed by atoms with van der Waals surface area (Å²) >= 11 is 0. The number of esters is 1. The fourth-order valence-corrected chi connectivity index (χ4v) is 1.16. The predicted octanol–water partition coefficient (Wildman–Crippen LogP) is -0.383. The Morgan fingerprint density at radius 2 is 2.40 bits per heavy atom. The highest BCUT2D eigenvalue weighted by molar-refractivity contribution is 5.75. The van der Waals surface area contributed by atoms with Crippen molar-refractivity contribution in [3.63, 3.8) is 0 Å². The average Bonchev–Trinajstić information content (AvgIpc) is 2.29. The second-order valence-electron chi connectivity index (χ2n) is 3.15. The number of ether oxygens (including phenoxy) is 1. The van der Waals surface area contributed by atoms with Gasteiger partial charge < -0.3 is 15.6 Å². The smallest absolute Gasteiger partial charge is 0.322 e. The van der Waals surface area contributed by atoms with Gasteiger partial charge >= 0.3 is 5.97 Å². The van der Waals surface area contributed by atoms with E-state index in [1.54, 1.807) is 18.3 Å². The van der Waals surface area contributed by atoms with E-state index in [1.165, 1.54) is 7.11 Å². The summed E-state index contributed by atoms with van der Waals surface area (Å²) in [5.74, 6) is -0.443. The Hall–Kier alpha value is -1.46. The van der Waals surface area contributed by atoms with Crippen LogP contribution in [0.25, 0.3) is 0 Å². The Balaban J connectivity index is 2.60. The standard InChI is InChI=1S/C10H14N2O3/c1-15-10(14)9(11)4-7-2-3-8(6-13)12-5-7/h2-3,5,9,13H,4,6,11H2,1H3. The van der Waals surface area contributed by atoms with E-state index in [2.05, 4.69) is 9.72 Å². The third kappa shape index (κ3) is 3.30. The second kappa shape index (κ2) is 5.43. The van der Waals surface area contributed by atoms with Gasteiger partial charge in [-0.25, -0.2) is 0 Å². The molecule has 15 heavy (non-hydrogen) atoms. The van der Waals surface area contributed by atoms with Crippen molar-refractivity contribution in [1.82, 2.24) is 4.98 Å². The van der Waals surface area contributed by atoms with Crippen molar-refractivity contribution in [2.24, 2.45) is 5.73 Å². The number of aromatic nitrogens is 1. The maximum Gasteiger partial charge on any atom is 0.322 e. The number of aliphatic hydroxyl groups is 1. The molecule has 0 fully saturated rings. The van der Waals surface area contributed by atoms with Crippen LogP contribution in [-0.4, -0.2) is 29.2 Å². The maximum atomic E-state index is 11.0. The van der Waals surface area contributed by atoms with Gasteiger partial charge in [0.1, 0.15) is 6.04 Å². The Labute approximate surface area is 87.9 Å². The summed E-state index contributed by atoms with van der Waals surface area (Å²) in [5, 5.41) is 8.78. The molecule has 1 aromatic heterocycles. The minimum absolute atomic E-state index is 0.0939. The van der Waals surface area contributed by atoms with Crippen LogP contribution < -0.4 is 5.73 Å². The first-order valence-corrected chi connectivity index (χ1v) is 4.55. The third-order valence-corrected chi connectivity index (χ3v) is 2.01. The largest absolute Gasteiger partial charge is 0.468 e. The van der Waals surface area contributed by atoms with Crippen molar-refractivity contribution in [1.29, 1.82) is 0 Å².